The fourth-order valence-electron chi connectivity index (χ4n) is 4.88. The first-order chi connectivity index (χ1) is 15.6. The minimum Gasteiger partial charge on any atom is -0.504 e. The number of benzene rings is 1. The Morgan fingerprint density at radius 3 is 2.42 bits per heavy atom. The first-order valence-electron chi connectivity index (χ1n) is 11.4. The van der Waals surface area contributed by atoms with Crippen LogP contribution < -0.4 is 11.1 Å². The van der Waals surface area contributed by atoms with Gasteiger partial charge in [-0.1, -0.05) is 32.1 Å². The van der Waals surface area contributed by atoms with E-state index in [-0.39, 0.29) is 5.91 Å². The van der Waals surface area contributed by atoms with Gasteiger partial charge >= 0.3 is 0 Å². The Morgan fingerprint density at radius 2 is 1.79 bits per heavy atom. The van der Waals surface area contributed by atoms with Gasteiger partial charge in [-0.3, -0.25) is 9.59 Å². The first-order valence-corrected chi connectivity index (χ1v) is 11.4. The van der Waals surface area contributed by atoms with Gasteiger partial charge in [0.1, 0.15) is 6.04 Å². The predicted octanol–water partition coefficient (Wildman–Crippen LogP) is 3.10. The van der Waals surface area contributed by atoms with Gasteiger partial charge < -0.3 is 26.5 Å². The van der Waals surface area contributed by atoms with E-state index in [0.717, 1.165) is 32.6 Å². The van der Waals surface area contributed by atoms with Crippen LogP contribution in [0.5, 0.6) is 5.75 Å². The van der Waals surface area contributed by atoms with Gasteiger partial charge in [-0.05, 0) is 32.1 Å². The number of nitrogens with zero attached hydrogens (tertiary/aromatic N) is 1. The van der Waals surface area contributed by atoms with Crippen LogP contribution in [-0.4, -0.2) is 46.2 Å². The standard InChI is InChI=1S/C23H31F3N4O3/c1-12(27)17-20(26)18(24)14(19(25)21(17)31)11-29-22(32)16-8-5-9-30(16)23(33)15(28)10-13-6-3-2-4-7-13/h13,15-16,27,31H,2-11,28H2,1H3,(H,29,32)/t15-,16+/m1/s1. The number of hydrogen-bond acceptors (Lipinski definition) is 5. The summed E-state index contributed by atoms with van der Waals surface area (Å²) in [7, 11) is 0. The van der Waals surface area contributed by atoms with Crippen molar-refractivity contribution in [2.45, 2.75) is 76.9 Å². The zero-order valence-electron chi connectivity index (χ0n) is 18.7. The number of likely N-dealkylation sites (tertiary alicyclic amines) is 1. The van der Waals surface area contributed by atoms with Gasteiger partial charge in [0.05, 0.1) is 11.6 Å². The molecule has 1 aromatic carbocycles. The third-order valence-corrected chi connectivity index (χ3v) is 6.67. The monoisotopic (exact) mass is 468 g/mol. The zero-order valence-corrected chi connectivity index (χ0v) is 18.7. The van der Waals surface area contributed by atoms with Crippen LogP contribution in [0.25, 0.3) is 0 Å². The summed E-state index contributed by atoms with van der Waals surface area (Å²) in [6, 6.07) is -1.54. The van der Waals surface area contributed by atoms with E-state index in [2.05, 4.69) is 5.32 Å². The van der Waals surface area contributed by atoms with Crippen molar-refractivity contribution >= 4 is 17.5 Å². The molecule has 0 bridgehead atoms. The van der Waals surface area contributed by atoms with Crippen LogP contribution in [-0.2, 0) is 16.1 Å². The van der Waals surface area contributed by atoms with E-state index >= 15 is 0 Å². The van der Waals surface area contributed by atoms with Crippen molar-refractivity contribution in [1.29, 1.82) is 5.41 Å². The van der Waals surface area contributed by atoms with Crippen LogP contribution in [0.3, 0.4) is 0 Å². The Hall–Kier alpha value is -2.62. The maximum atomic E-state index is 14.4. The van der Waals surface area contributed by atoms with Crippen LogP contribution >= 0.6 is 0 Å². The van der Waals surface area contributed by atoms with Crippen molar-refractivity contribution in [3.05, 3.63) is 28.6 Å². The second-order valence-electron chi connectivity index (χ2n) is 9.02. The summed E-state index contributed by atoms with van der Waals surface area (Å²) in [5.74, 6) is -6.31. The van der Waals surface area contributed by atoms with Crippen molar-refractivity contribution in [2.75, 3.05) is 6.54 Å². The van der Waals surface area contributed by atoms with Crippen molar-refractivity contribution in [3.8, 4) is 5.75 Å². The van der Waals surface area contributed by atoms with Gasteiger partial charge in [0.15, 0.2) is 23.2 Å². The highest BCUT2D eigenvalue weighted by molar-refractivity contribution is 5.99. The average molecular weight is 469 g/mol. The minimum atomic E-state index is -1.58. The Bertz CT molecular complexity index is 905. The SMILES string of the molecule is CC(=N)c1c(O)c(F)c(CNC(=O)[C@@H]2CCCN2C(=O)[C@H](N)CC2CCCCC2)c(F)c1F. The number of nitrogens with two attached hydrogens (primary N) is 1. The average Bonchev–Trinajstić information content (AvgIpc) is 3.27. The second-order valence-corrected chi connectivity index (χ2v) is 9.02. The molecule has 0 spiro atoms. The lowest BCUT2D eigenvalue weighted by atomic mass is 9.84. The number of halogens is 3. The molecule has 1 saturated heterocycles. The summed E-state index contributed by atoms with van der Waals surface area (Å²) in [4.78, 5) is 27.0. The fourth-order valence-corrected chi connectivity index (χ4v) is 4.88. The third kappa shape index (κ3) is 5.31. The molecule has 7 nitrogen and oxygen atoms in total. The topological polar surface area (TPSA) is 120 Å². The number of rotatable bonds is 7. The largest absolute Gasteiger partial charge is 0.504 e. The number of phenolic OH excluding ortho intramolecular Hbond substituents is 1. The highest BCUT2D eigenvalue weighted by Crippen LogP contribution is 2.31. The van der Waals surface area contributed by atoms with Gasteiger partial charge in [0, 0.05) is 24.4 Å². The Balaban J connectivity index is 1.66. The molecular weight excluding hydrogens is 437 g/mol. The van der Waals surface area contributed by atoms with Crippen molar-refractivity contribution < 1.29 is 27.9 Å². The van der Waals surface area contributed by atoms with E-state index in [0.29, 0.717) is 31.7 Å². The second kappa shape index (κ2) is 10.5. The van der Waals surface area contributed by atoms with Crippen LogP contribution in [0.15, 0.2) is 0 Å². The highest BCUT2D eigenvalue weighted by Gasteiger charge is 2.37. The van der Waals surface area contributed by atoms with Gasteiger partial charge in [-0.2, -0.15) is 0 Å². The maximum absolute atomic E-state index is 14.4. The normalized spacial score (nSPS) is 20.0. The molecule has 2 fully saturated rings. The van der Waals surface area contributed by atoms with E-state index < -0.39 is 64.6 Å². The molecule has 5 N–H and O–H groups in total. The van der Waals surface area contributed by atoms with E-state index in [1.807, 2.05) is 0 Å². The molecule has 2 aliphatic rings. The molecule has 0 radical (unpaired) electrons. The van der Waals surface area contributed by atoms with Gasteiger partial charge in [-0.25, -0.2) is 13.2 Å². The smallest absolute Gasteiger partial charge is 0.243 e. The summed E-state index contributed by atoms with van der Waals surface area (Å²) in [5.41, 5.74) is 3.90. The maximum Gasteiger partial charge on any atom is 0.243 e. The highest BCUT2D eigenvalue weighted by atomic mass is 19.2. The number of carbonyl (C=O) groups excluding carboxylic acids is 2. The van der Waals surface area contributed by atoms with E-state index in [4.69, 9.17) is 11.1 Å². The molecule has 3 rings (SSSR count). The van der Waals surface area contributed by atoms with E-state index in [1.165, 1.54) is 11.3 Å². The van der Waals surface area contributed by atoms with Crippen molar-refractivity contribution in [1.82, 2.24) is 10.2 Å². The Morgan fingerprint density at radius 1 is 1.12 bits per heavy atom. The van der Waals surface area contributed by atoms with E-state index in [1.54, 1.807) is 0 Å². The summed E-state index contributed by atoms with van der Waals surface area (Å²) < 4.78 is 43.0. The molecule has 10 heteroatoms. The Labute approximate surface area is 191 Å². The molecule has 1 aliphatic heterocycles. The summed E-state index contributed by atoms with van der Waals surface area (Å²) in [6.07, 6.45) is 7.07. The van der Waals surface area contributed by atoms with Gasteiger partial charge in [0.2, 0.25) is 11.8 Å². The molecule has 1 heterocycles. The molecular formula is C23H31F3N4O3. The lowest BCUT2D eigenvalue weighted by molar-refractivity contribution is -0.139. The summed E-state index contributed by atoms with van der Waals surface area (Å²) in [5, 5.41) is 19.6. The van der Waals surface area contributed by atoms with Crippen LogP contribution in [0.1, 0.15) is 69.4 Å². The number of hydrogen-bond donors (Lipinski definition) is 4. The summed E-state index contributed by atoms with van der Waals surface area (Å²) >= 11 is 0. The number of aromatic hydroxyl groups is 1. The molecule has 2 atom stereocenters. The van der Waals surface area contributed by atoms with Crippen molar-refractivity contribution in [3.63, 3.8) is 0 Å². The fraction of sp³-hybridized carbons (Fsp3) is 0.609. The molecule has 1 aliphatic carbocycles. The molecule has 182 valence electrons. The first kappa shape index (κ1) is 25.0. The Kier molecular flexibility index (Phi) is 7.99. The number of amides is 2. The molecule has 2 amide bonds. The third-order valence-electron chi connectivity index (χ3n) is 6.67. The van der Waals surface area contributed by atoms with Crippen LogP contribution in [0.2, 0.25) is 0 Å². The number of carbonyl (C=O) groups is 2. The predicted molar refractivity (Wildman–Crippen MR) is 116 cm³/mol. The quantitative estimate of drug-likeness (QED) is 0.363. The molecule has 0 aromatic heterocycles. The summed E-state index contributed by atoms with van der Waals surface area (Å²) in [6.45, 7) is 0.731. The van der Waals surface area contributed by atoms with Gasteiger partial charge in [-0.15, -0.1) is 0 Å². The lowest BCUT2D eigenvalue weighted by Gasteiger charge is -2.29. The molecule has 0 unspecified atom stereocenters. The van der Waals surface area contributed by atoms with E-state index in [9.17, 15) is 27.9 Å². The van der Waals surface area contributed by atoms with Crippen molar-refractivity contribution in [2.24, 2.45) is 11.7 Å². The lowest BCUT2D eigenvalue weighted by Crippen LogP contribution is -2.51. The number of phenols is 1. The van der Waals surface area contributed by atoms with Crippen LogP contribution in [0, 0.1) is 28.8 Å². The number of nitrogens with one attached hydrogen (secondary N) is 2. The molecule has 33 heavy (non-hydrogen) atoms. The van der Waals surface area contributed by atoms with Crippen LogP contribution in [0.4, 0.5) is 13.2 Å². The molecule has 1 saturated carbocycles. The minimum absolute atomic E-state index is 0.315. The zero-order chi connectivity index (χ0) is 24.3. The van der Waals surface area contributed by atoms with Gasteiger partial charge in [0.25, 0.3) is 0 Å². The molecule has 1 aromatic rings.